The van der Waals surface area contributed by atoms with E-state index in [1.165, 1.54) is 16.7 Å². The number of carbonyl (C=O) groups excluding carboxylic acids is 2. The number of nitrogens with zero attached hydrogens (tertiary/aromatic N) is 3. The number of hydrogen-bond acceptors (Lipinski definition) is 4. The maximum absolute atomic E-state index is 12.2. The Balaban J connectivity index is 2.69. The zero-order chi connectivity index (χ0) is 15.3. The Morgan fingerprint density at radius 2 is 2.20 bits per heavy atom. The van der Waals surface area contributed by atoms with Crippen LogP contribution in [0.5, 0.6) is 5.88 Å². The molecule has 0 aromatic carbocycles. The molecule has 112 valence electrons. The van der Waals surface area contributed by atoms with E-state index in [1.54, 1.807) is 20.3 Å². The number of aromatic nitrogens is 2. The molecule has 2 amide bonds. The summed E-state index contributed by atoms with van der Waals surface area (Å²) in [6.07, 6.45) is 2.42. The van der Waals surface area contributed by atoms with Gasteiger partial charge in [-0.3, -0.25) is 14.3 Å². The largest absolute Gasteiger partial charge is 0.479 e. The Morgan fingerprint density at radius 1 is 1.55 bits per heavy atom. The highest BCUT2D eigenvalue weighted by Crippen LogP contribution is 2.16. The molecule has 0 bridgehead atoms. The molecular formula is C13H22N4O3. The van der Waals surface area contributed by atoms with E-state index in [0.717, 1.165) is 6.42 Å². The highest BCUT2D eigenvalue weighted by atomic mass is 16.5. The molecule has 0 saturated carbocycles. The van der Waals surface area contributed by atoms with Crippen molar-refractivity contribution in [3.05, 3.63) is 11.8 Å². The van der Waals surface area contributed by atoms with Gasteiger partial charge < -0.3 is 15.0 Å². The number of carbonyl (C=O) groups is 2. The third-order valence-corrected chi connectivity index (χ3v) is 2.97. The minimum atomic E-state index is -0.297. The summed E-state index contributed by atoms with van der Waals surface area (Å²) in [7, 11) is 4.73. The summed E-state index contributed by atoms with van der Waals surface area (Å²) in [4.78, 5) is 25.3. The van der Waals surface area contributed by atoms with Crippen LogP contribution < -0.4 is 10.1 Å². The number of nitrogens with one attached hydrogen (secondary N) is 1. The monoisotopic (exact) mass is 282 g/mol. The zero-order valence-electron chi connectivity index (χ0n) is 12.6. The summed E-state index contributed by atoms with van der Waals surface area (Å²) in [5, 5.41) is 6.84. The Kier molecular flexibility index (Phi) is 5.54. The number of ether oxygens (including phenoxy) is 1. The maximum atomic E-state index is 12.2. The Morgan fingerprint density at radius 3 is 2.75 bits per heavy atom. The minimum Gasteiger partial charge on any atom is -0.479 e. The van der Waals surface area contributed by atoms with E-state index in [9.17, 15) is 9.59 Å². The first-order chi connectivity index (χ1) is 9.38. The highest BCUT2D eigenvalue weighted by molar-refractivity contribution is 5.98. The van der Waals surface area contributed by atoms with Crippen molar-refractivity contribution < 1.29 is 14.3 Å². The van der Waals surface area contributed by atoms with Crippen molar-refractivity contribution >= 4 is 11.8 Å². The predicted octanol–water partition coefficient (Wildman–Crippen LogP) is 0.415. The van der Waals surface area contributed by atoms with Gasteiger partial charge >= 0.3 is 0 Å². The van der Waals surface area contributed by atoms with E-state index in [4.69, 9.17) is 4.74 Å². The average Bonchev–Trinajstić information content (AvgIpc) is 2.78. The Bertz CT molecular complexity index is 484. The van der Waals surface area contributed by atoms with Gasteiger partial charge in [0, 0.05) is 26.3 Å². The molecule has 0 radical (unpaired) electrons. The molecule has 1 atom stereocenters. The lowest BCUT2D eigenvalue weighted by Gasteiger charge is -2.18. The van der Waals surface area contributed by atoms with Crippen molar-refractivity contribution in [2.24, 2.45) is 7.05 Å². The van der Waals surface area contributed by atoms with Gasteiger partial charge in [0.25, 0.3) is 5.91 Å². The van der Waals surface area contributed by atoms with Gasteiger partial charge in [0.15, 0.2) is 0 Å². The van der Waals surface area contributed by atoms with Gasteiger partial charge in [0.05, 0.1) is 13.7 Å². The van der Waals surface area contributed by atoms with E-state index in [0.29, 0.717) is 5.56 Å². The molecule has 1 aromatic heterocycles. The highest BCUT2D eigenvalue weighted by Gasteiger charge is 2.21. The number of likely N-dealkylation sites (N-methyl/N-ethyl adjacent to an activating group) is 1. The molecule has 0 aliphatic heterocycles. The van der Waals surface area contributed by atoms with Crippen molar-refractivity contribution in [3.63, 3.8) is 0 Å². The lowest BCUT2D eigenvalue weighted by molar-refractivity contribution is -0.122. The van der Waals surface area contributed by atoms with Crippen LogP contribution in [0.25, 0.3) is 0 Å². The van der Waals surface area contributed by atoms with Crippen molar-refractivity contribution in [3.8, 4) is 5.88 Å². The van der Waals surface area contributed by atoms with E-state index in [2.05, 4.69) is 10.4 Å². The minimum absolute atomic E-state index is 0.00121. The number of amides is 2. The van der Waals surface area contributed by atoms with Gasteiger partial charge in [-0.15, -0.1) is 5.10 Å². The molecule has 7 nitrogen and oxygen atoms in total. The SMILES string of the molecule is CCC(C)NC(=O)CN(C)C(=O)c1cn(C)nc1OC. The van der Waals surface area contributed by atoms with Crippen LogP contribution in [0.4, 0.5) is 0 Å². The van der Waals surface area contributed by atoms with E-state index in [-0.39, 0.29) is 30.3 Å². The number of methoxy groups -OCH3 is 1. The van der Waals surface area contributed by atoms with Crippen LogP contribution in [0.2, 0.25) is 0 Å². The molecule has 0 aliphatic carbocycles. The molecule has 20 heavy (non-hydrogen) atoms. The molecular weight excluding hydrogens is 260 g/mol. The number of hydrogen-bond donors (Lipinski definition) is 1. The Hall–Kier alpha value is -2.05. The summed E-state index contributed by atoms with van der Waals surface area (Å²) in [5.41, 5.74) is 0.342. The second-order valence-corrected chi connectivity index (χ2v) is 4.76. The molecule has 0 aliphatic rings. The first kappa shape index (κ1) is 16.0. The van der Waals surface area contributed by atoms with Crippen LogP contribution in [0.3, 0.4) is 0 Å². The van der Waals surface area contributed by atoms with E-state index in [1.807, 2.05) is 13.8 Å². The van der Waals surface area contributed by atoms with Crippen molar-refractivity contribution in [2.45, 2.75) is 26.3 Å². The quantitative estimate of drug-likeness (QED) is 0.820. The third kappa shape index (κ3) is 3.97. The molecule has 1 rings (SSSR count). The predicted molar refractivity (Wildman–Crippen MR) is 74.6 cm³/mol. The van der Waals surface area contributed by atoms with Crippen molar-refractivity contribution in [1.82, 2.24) is 20.0 Å². The first-order valence-corrected chi connectivity index (χ1v) is 6.51. The fraction of sp³-hybridized carbons (Fsp3) is 0.615. The molecule has 0 spiro atoms. The maximum Gasteiger partial charge on any atom is 0.261 e. The van der Waals surface area contributed by atoms with Crippen LogP contribution >= 0.6 is 0 Å². The summed E-state index contributed by atoms with van der Waals surface area (Å²) in [6.45, 7) is 3.91. The van der Waals surface area contributed by atoms with E-state index >= 15 is 0 Å². The zero-order valence-corrected chi connectivity index (χ0v) is 12.6. The van der Waals surface area contributed by atoms with Gasteiger partial charge in [0.2, 0.25) is 11.8 Å². The molecule has 0 saturated heterocycles. The van der Waals surface area contributed by atoms with Gasteiger partial charge in [-0.2, -0.15) is 0 Å². The fourth-order valence-corrected chi connectivity index (χ4v) is 1.68. The lowest BCUT2D eigenvalue weighted by atomic mass is 10.2. The van der Waals surface area contributed by atoms with Crippen LogP contribution in [-0.4, -0.2) is 53.2 Å². The summed E-state index contributed by atoms with van der Waals surface area (Å²) >= 11 is 0. The normalized spacial score (nSPS) is 11.8. The molecule has 1 unspecified atom stereocenters. The molecule has 1 N–H and O–H groups in total. The van der Waals surface area contributed by atoms with Gasteiger partial charge in [-0.1, -0.05) is 6.92 Å². The Labute approximate surface area is 118 Å². The summed E-state index contributed by atoms with van der Waals surface area (Å²) in [5.74, 6) is -0.223. The van der Waals surface area contributed by atoms with Crippen LogP contribution in [0, 0.1) is 0 Å². The van der Waals surface area contributed by atoms with Crippen LogP contribution in [-0.2, 0) is 11.8 Å². The van der Waals surface area contributed by atoms with Gasteiger partial charge in [-0.25, -0.2) is 0 Å². The first-order valence-electron chi connectivity index (χ1n) is 6.51. The number of aryl methyl sites for hydroxylation is 1. The van der Waals surface area contributed by atoms with Crippen molar-refractivity contribution in [1.29, 1.82) is 0 Å². The molecule has 0 fully saturated rings. The van der Waals surface area contributed by atoms with Crippen LogP contribution in [0.1, 0.15) is 30.6 Å². The fourth-order valence-electron chi connectivity index (χ4n) is 1.68. The smallest absolute Gasteiger partial charge is 0.261 e. The summed E-state index contributed by atoms with van der Waals surface area (Å²) < 4.78 is 6.54. The third-order valence-electron chi connectivity index (χ3n) is 2.97. The standard InChI is InChI=1S/C13H22N4O3/c1-6-9(2)14-11(18)8-16(3)13(19)10-7-17(4)15-12(10)20-5/h7,9H,6,8H2,1-5H3,(H,14,18). The van der Waals surface area contributed by atoms with Crippen LogP contribution in [0.15, 0.2) is 6.20 Å². The van der Waals surface area contributed by atoms with E-state index < -0.39 is 0 Å². The second-order valence-electron chi connectivity index (χ2n) is 4.76. The van der Waals surface area contributed by atoms with Gasteiger partial charge in [0.1, 0.15) is 5.56 Å². The average molecular weight is 282 g/mol. The number of rotatable bonds is 6. The lowest BCUT2D eigenvalue weighted by Crippen LogP contribution is -2.41. The summed E-state index contributed by atoms with van der Waals surface area (Å²) in [6, 6.07) is 0.0962. The van der Waals surface area contributed by atoms with Gasteiger partial charge in [-0.05, 0) is 13.3 Å². The molecule has 7 heteroatoms. The van der Waals surface area contributed by atoms with Crippen molar-refractivity contribution in [2.75, 3.05) is 20.7 Å². The molecule has 1 heterocycles. The second kappa shape index (κ2) is 6.93. The molecule has 1 aromatic rings. The topological polar surface area (TPSA) is 76.5 Å².